The van der Waals surface area contributed by atoms with Crippen LogP contribution >= 0.6 is 0 Å². The van der Waals surface area contributed by atoms with Crippen molar-refractivity contribution in [1.29, 1.82) is 0 Å². The predicted molar refractivity (Wildman–Crippen MR) is 469 cm³/mol. The van der Waals surface area contributed by atoms with Crippen molar-refractivity contribution in [3.05, 3.63) is 394 Å². The Balaban J connectivity index is 0.000000137. The summed E-state index contributed by atoms with van der Waals surface area (Å²) in [6.45, 7) is 0. The molecule has 0 fully saturated rings. The molecule has 6 heteroatoms. The summed E-state index contributed by atoms with van der Waals surface area (Å²) in [6.07, 6.45) is 0. The van der Waals surface area contributed by atoms with Crippen molar-refractivity contribution in [3.8, 4) is 95.6 Å². The molecule has 0 aliphatic heterocycles. The molecule has 4 heterocycles. The van der Waals surface area contributed by atoms with Crippen LogP contribution in [0, 0.1) is 0 Å². The zero-order valence-electron chi connectivity index (χ0n) is 60.7. The van der Waals surface area contributed by atoms with Crippen LogP contribution in [0.2, 0.25) is 0 Å². The van der Waals surface area contributed by atoms with Gasteiger partial charge in [0.25, 0.3) is 0 Å². The highest BCUT2D eigenvalue weighted by molar-refractivity contribution is 6.24. The Morgan fingerprint density at radius 2 is 0.562 bits per heavy atom. The fourth-order valence-corrected chi connectivity index (χ4v) is 17.4. The van der Waals surface area contributed by atoms with Gasteiger partial charge in [0, 0.05) is 60.3 Å². The van der Waals surface area contributed by atoms with Crippen LogP contribution in [0.15, 0.2) is 399 Å². The zero-order chi connectivity index (χ0) is 73.7. The molecule has 0 amide bonds. The van der Waals surface area contributed by atoms with E-state index in [-0.39, 0.29) is 0 Å². The van der Waals surface area contributed by atoms with Gasteiger partial charge < -0.3 is 4.42 Å². The maximum atomic E-state index is 6.60. The van der Waals surface area contributed by atoms with Crippen LogP contribution in [0.5, 0.6) is 0 Å². The lowest BCUT2D eigenvalue weighted by atomic mass is 9.89. The van der Waals surface area contributed by atoms with Gasteiger partial charge in [-0.3, -0.25) is 4.57 Å². The Labute approximate surface area is 644 Å². The molecule has 4 aromatic heterocycles. The fourth-order valence-electron chi connectivity index (χ4n) is 17.4. The van der Waals surface area contributed by atoms with E-state index in [1.54, 1.807) is 0 Å². The van der Waals surface area contributed by atoms with Crippen LogP contribution in [-0.4, -0.2) is 24.5 Å². The highest BCUT2D eigenvalue weighted by atomic mass is 16.3. The van der Waals surface area contributed by atoms with Crippen molar-refractivity contribution >= 4 is 130 Å². The summed E-state index contributed by atoms with van der Waals surface area (Å²) in [7, 11) is 0. The van der Waals surface area contributed by atoms with Crippen molar-refractivity contribution in [3.63, 3.8) is 0 Å². The number of imidazole rings is 1. The van der Waals surface area contributed by atoms with E-state index in [0.717, 1.165) is 138 Å². The molecule has 0 unspecified atom stereocenters. The number of aromatic nitrogens is 5. The van der Waals surface area contributed by atoms with Crippen molar-refractivity contribution in [2.45, 2.75) is 0 Å². The molecule has 0 saturated carbocycles. The van der Waals surface area contributed by atoms with Crippen LogP contribution in [0.25, 0.3) is 226 Å². The van der Waals surface area contributed by atoms with E-state index >= 15 is 0 Å². The largest absolute Gasteiger partial charge is 0.435 e. The molecule has 520 valence electrons. The summed E-state index contributed by atoms with van der Waals surface area (Å²) in [5, 5.41) is 21.0. The second-order valence-electron chi connectivity index (χ2n) is 29.0. The van der Waals surface area contributed by atoms with E-state index in [1.807, 2.05) is 0 Å². The van der Waals surface area contributed by atoms with Crippen LogP contribution in [-0.2, 0) is 0 Å². The van der Waals surface area contributed by atoms with Gasteiger partial charge in [-0.2, -0.15) is 0 Å². The Kier molecular flexibility index (Phi) is 15.2. The average Bonchev–Trinajstić information content (AvgIpc) is 1.46. The van der Waals surface area contributed by atoms with E-state index in [9.17, 15) is 0 Å². The average molecular weight is 1420 g/mol. The lowest BCUT2D eigenvalue weighted by molar-refractivity contribution is 0.623. The van der Waals surface area contributed by atoms with Crippen molar-refractivity contribution in [2.75, 3.05) is 0 Å². The first-order chi connectivity index (χ1) is 55.5. The summed E-state index contributed by atoms with van der Waals surface area (Å²) in [4.78, 5) is 21.3. The molecule has 0 radical (unpaired) electrons. The molecule has 23 rings (SSSR count). The molecule has 0 saturated heterocycles. The normalized spacial score (nSPS) is 11.8. The number of benzene rings is 19. The highest BCUT2D eigenvalue weighted by Crippen LogP contribution is 2.47. The number of para-hydroxylation sites is 3. The van der Waals surface area contributed by atoms with E-state index in [4.69, 9.17) is 24.4 Å². The first-order valence-corrected chi connectivity index (χ1v) is 38.2. The molecule has 0 N–H and O–H groups in total. The number of oxazole rings is 1. The van der Waals surface area contributed by atoms with Crippen LogP contribution in [0.3, 0.4) is 0 Å². The third kappa shape index (κ3) is 10.7. The molecule has 0 aliphatic carbocycles. The topological polar surface area (TPSA) is 69.6 Å². The molecule has 0 spiro atoms. The smallest absolute Gasteiger partial charge is 0.227 e. The lowest BCUT2D eigenvalue weighted by Gasteiger charge is -2.17. The molecular weight excluding hydrogens is 1360 g/mol. The number of fused-ring (bicyclic) bond motifs is 17. The molecule has 112 heavy (non-hydrogen) atoms. The first kappa shape index (κ1) is 64.2. The fraction of sp³-hybridized carbons (Fsp3) is 0. The molecule has 19 aromatic carbocycles. The van der Waals surface area contributed by atoms with Gasteiger partial charge in [0.05, 0.1) is 33.5 Å². The van der Waals surface area contributed by atoms with E-state index in [0.29, 0.717) is 5.89 Å². The van der Waals surface area contributed by atoms with Crippen LogP contribution < -0.4 is 0 Å². The molecule has 0 atom stereocenters. The highest BCUT2D eigenvalue weighted by Gasteiger charge is 2.24. The Bertz CT molecular complexity index is 7660. The summed E-state index contributed by atoms with van der Waals surface area (Å²) in [6, 6.07) is 141. The van der Waals surface area contributed by atoms with Gasteiger partial charge in [0.2, 0.25) is 5.89 Å². The minimum atomic E-state index is 0.616. The molecular formula is C106H65N5O. The predicted octanol–water partition coefficient (Wildman–Crippen LogP) is 28.5. The minimum Gasteiger partial charge on any atom is -0.435 e. The number of hydrogen-bond donors (Lipinski definition) is 0. The van der Waals surface area contributed by atoms with E-state index in [2.05, 4.69) is 399 Å². The van der Waals surface area contributed by atoms with Crippen LogP contribution in [0.4, 0.5) is 0 Å². The monoisotopic (exact) mass is 1420 g/mol. The Morgan fingerprint density at radius 3 is 1.05 bits per heavy atom. The SMILES string of the molecule is c1ccc(-n2c(-c3ccc(-c4cc5c(-c6cccc7ccccc67)cc(-c6cccc7ccccc67)nc5c5ccccc45)cc3)nc3ccccc32)cc1.c1ccc2c(-c3cc(-c4cccc5ccccc45)c4cc(-c5ccc(-c6nc7c8ccccc8c8ccccc8c7o6)cc5)c5ccccc5c4n3)cccc2c1. The minimum absolute atomic E-state index is 0.616. The Hall–Kier alpha value is -15.0. The number of nitrogens with zero attached hydrogens (tertiary/aromatic N) is 5. The summed E-state index contributed by atoms with van der Waals surface area (Å²) in [5.41, 5.74) is 22.3. The van der Waals surface area contributed by atoms with Gasteiger partial charge in [-0.15, -0.1) is 0 Å². The standard InChI is InChI=1S/C54H32N2O.C52H33N3/c1-3-17-37-33(13-1)15-11-25-39(37)48-32-50(43-26-12-16-34-14-2-4-18-38(34)43)55-51-44-22-8-6-21-42(44)47(31-49(48)51)35-27-29-36(30-28-35)54-56-52-45-23-9-5-19-40(45)41-20-7-10-24-46(41)53(52)57-54;1-2-18-38(19-3-1)55-50-27-11-10-26-48(50)54-52(55)37-30-28-36(29-31-37)45-32-47-46(41-24-12-16-34-14-4-6-20-39(34)41)33-49(53-51(47)44-23-9-8-22-42(44)45)43-25-13-17-35-15-5-7-21-40(35)43/h1-32H;1-33H. The number of hydrogen-bond acceptors (Lipinski definition) is 5. The van der Waals surface area contributed by atoms with Gasteiger partial charge in [-0.25, -0.2) is 19.9 Å². The van der Waals surface area contributed by atoms with Gasteiger partial charge in [-0.05, 0) is 170 Å². The first-order valence-electron chi connectivity index (χ1n) is 38.2. The van der Waals surface area contributed by atoms with Crippen molar-refractivity contribution in [1.82, 2.24) is 24.5 Å². The van der Waals surface area contributed by atoms with Gasteiger partial charge in [0.15, 0.2) is 5.58 Å². The van der Waals surface area contributed by atoms with Gasteiger partial charge >= 0.3 is 0 Å². The van der Waals surface area contributed by atoms with Crippen molar-refractivity contribution < 1.29 is 4.42 Å². The van der Waals surface area contributed by atoms with Crippen LogP contribution in [0.1, 0.15) is 0 Å². The van der Waals surface area contributed by atoms with Gasteiger partial charge in [-0.1, -0.05) is 334 Å². The second-order valence-corrected chi connectivity index (χ2v) is 29.0. The third-order valence-corrected chi connectivity index (χ3v) is 22.7. The Morgan fingerprint density at radius 1 is 0.205 bits per heavy atom. The van der Waals surface area contributed by atoms with Gasteiger partial charge in [0.1, 0.15) is 11.3 Å². The molecule has 23 aromatic rings. The quantitative estimate of drug-likeness (QED) is 0.135. The summed E-state index contributed by atoms with van der Waals surface area (Å²) < 4.78 is 8.86. The third-order valence-electron chi connectivity index (χ3n) is 22.7. The maximum absolute atomic E-state index is 6.60. The van der Waals surface area contributed by atoms with E-state index in [1.165, 1.54) is 81.5 Å². The van der Waals surface area contributed by atoms with E-state index < -0.39 is 0 Å². The maximum Gasteiger partial charge on any atom is 0.227 e. The summed E-state index contributed by atoms with van der Waals surface area (Å²) in [5.74, 6) is 1.54. The molecule has 6 nitrogen and oxygen atoms in total. The molecule has 0 aliphatic rings. The van der Waals surface area contributed by atoms with Crippen molar-refractivity contribution in [2.24, 2.45) is 0 Å². The zero-order valence-corrected chi connectivity index (χ0v) is 60.7. The number of rotatable bonds is 9. The molecule has 0 bridgehead atoms. The number of pyridine rings is 2. The second kappa shape index (κ2) is 26.5. The lowest BCUT2D eigenvalue weighted by Crippen LogP contribution is -1.97. The summed E-state index contributed by atoms with van der Waals surface area (Å²) >= 11 is 0.